The Balaban J connectivity index is 0. The first-order valence-electron chi connectivity index (χ1n) is 4.86. The SMILES string of the molecule is C=C(C(NCC)=[N+](C)C)C(F)(F)F.F[P-](F)(F)(F)(F)F. The van der Waals surface area contributed by atoms with E-state index < -0.39 is 19.6 Å². The summed E-state index contributed by atoms with van der Waals surface area (Å²) in [4.78, 5) is 0. The van der Waals surface area contributed by atoms with E-state index in [1.165, 1.54) is 18.7 Å². The van der Waals surface area contributed by atoms with Gasteiger partial charge in [0.2, 0.25) is 0 Å². The van der Waals surface area contributed by atoms with E-state index in [1.807, 2.05) is 0 Å². The van der Waals surface area contributed by atoms with Gasteiger partial charge in [-0.3, -0.25) is 9.89 Å². The maximum atomic E-state index is 12.2. The summed E-state index contributed by atoms with van der Waals surface area (Å²) in [5.74, 6) is 0.00926. The Bertz CT molecular complexity index is 374. The first kappa shape index (κ1) is 21.3. The van der Waals surface area contributed by atoms with E-state index in [4.69, 9.17) is 0 Å². The molecule has 0 aromatic carbocycles. The summed E-state index contributed by atoms with van der Waals surface area (Å²) in [6.07, 6.45) is -4.37. The van der Waals surface area contributed by atoms with Crippen LogP contribution in [0.25, 0.3) is 0 Å². The fourth-order valence-corrected chi connectivity index (χ4v) is 0.836. The van der Waals surface area contributed by atoms with Crippen LogP contribution in [0.4, 0.5) is 38.4 Å². The van der Waals surface area contributed by atoms with Crippen molar-refractivity contribution in [2.24, 2.45) is 0 Å². The van der Waals surface area contributed by atoms with Crippen LogP contribution in [-0.4, -0.2) is 37.2 Å². The molecule has 0 aliphatic heterocycles. The molecule has 0 saturated carbocycles. The van der Waals surface area contributed by atoms with Crippen molar-refractivity contribution >= 4 is 13.6 Å². The molecule has 0 aromatic heterocycles. The number of hydrogen-bond acceptors (Lipinski definition) is 0. The topological polar surface area (TPSA) is 15.0 Å². The third-order valence-corrected chi connectivity index (χ3v) is 1.42. The van der Waals surface area contributed by atoms with Gasteiger partial charge in [0.15, 0.2) is 0 Å². The van der Waals surface area contributed by atoms with Gasteiger partial charge in [-0.1, -0.05) is 6.58 Å². The van der Waals surface area contributed by atoms with Crippen LogP contribution in [0.1, 0.15) is 6.92 Å². The van der Waals surface area contributed by atoms with E-state index >= 15 is 0 Å². The molecule has 1 N–H and O–H groups in total. The zero-order valence-electron chi connectivity index (χ0n) is 10.7. The van der Waals surface area contributed by atoms with Crippen LogP contribution in [0.15, 0.2) is 12.2 Å². The van der Waals surface area contributed by atoms with Crippen molar-refractivity contribution in [3.05, 3.63) is 12.2 Å². The second-order valence-electron chi connectivity index (χ2n) is 3.71. The Morgan fingerprint density at radius 3 is 1.50 bits per heavy atom. The third kappa shape index (κ3) is 17.0. The van der Waals surface area contributed by atoms with E-state index in [2.05, 4.69) is 11.9 Å². The minimum absolute atomic E-state index is 0.00926. The normalized spacial score (nSPS) is 15.2. The fraction of sp³-hybridized carbons (Fsp3) is 0.625. The molecule has 0 bridgehead atoms. The molecule has 0 amide bonds. The first-order chi connectivity index (χ1) is 8.25. The third-order valence-electron chi connectivity index (χ3n) is 1.42. The van der Waals surface area contributed by atoms with Gasteiger partial charge in [0.1, 0.15) is 5.57 Å². The van der Waals surface area contributed by atoms with Crippen LogP contribution in [0.3, 0.4) is 0 Å². The van der Waals surface area contributed by atoms with Crippen molar-refractivity contribution in [2.75, 3.05) is 20.6 Å². The molecule has 2 nitrogen and oxygen atoms in total. The predicted octanol–water partition coefficient (Wildman–Crippen LogP) is 4.77. The molecule has 0 aliphatic carbocycles. The molecule has 0 rings (SSSR count). The van der Waals surface area contributed by atoms with Crippen LogP contribution < -0.4 is 5.32 Å². The number of halogens is 9. The molecule has 124 valence electrons. The van der Waals surface area contributed by atoms with E-state index in [1.54, 1.807) is 6.92 Å². The predicted molar refractivity (Wildman–Crippen MR) is 59.6 cm³/mol. The molecule has 0 radical (unpaired) electrons. The van der Waals surface area contributed by atoms with Gasteiger partial charge in [-0.25, -0.2) is 0 Å². The summed E-state index contributed by atoms with van der Waals surface area (Å²) in [6, 6.07) is 0. The summed E-state index contributed by atoms with van der Waals surface area (Å²) in [5.41, 5.74) is -0.848. The molecule has 0 aliphatic rings. The average Bonchev–Trinajstić information content (AvgIpc) is 2.05. The number of hydrogen-bond donors (Lipinski definition) is 1. The van der Waals surface area contributed by atoms with Crippen molar-refractivity contribution in [1.29, 1.82) is 0 Å². The van der Waals surface area contributed by atoms with Gasteiger partial charge in [-0.15, -0.1) is 0 Å². The quantitative estimate of drug-likeness (QED) is 0.252. The molecule has 12 heteroatoms. The molecule has 0 saturated heterocycles. The minimum atomic E-state index is -10.7. The standard InChI is InChI=1S/C8H13F3N2.F6P/c1-5-12-7(13(3)4)6(2)8(9,10)11;1-7(2,3,4,5)6/h2,5H2,1,3-4H3;/q;-1/p+1. The Morgan fingerprint density at radius 2 is 1.35 bits per heavy atom. The molecule has 0 spiro atoms. The van der Waals surface area contributed by atoms with Gasteiger partial charge in [-0.05, 0) is 6.92 Å². The van der Waals surface area contributed by atoms with Gasteiger partial charge in [0.25, 0.3) is 5.84 Å². The van der Waals surface area contributed by atoms with Crippen molar-refractivity contribution < 1.29 is 42.9 Å². The zero-order valence-corrected chi connectivity index (χ0v) is 11.6. The number of rotatable bonds is 2. The molecule has 0 unspecified atom stereocenters. The van der Waals surface area contributed by atoms with Gasteiger partial charge in [0.05, 0.1) is 20.6 Å². The van der Waals surface area contributed by atoms with E-state index in [-0.39, 0.29) is 5.84 Å². The molecule has 0 aromatic rings. The van der Waals surface area contributed by atoms with Gasteiger partial charge >= 0.3 is 39.2 Å². The van der Waals surface area contributed by atoms with Gasteiger partial charge in [-0.2, -0.15) is 13.2 Å². The van der Waals surface area contributed by atoms with Crippen molar-refractivity contribution in [2.45, 2.75) is 13.1 Å². The number of nitrogens with zero attached hydrogens (tertiary/aromatic N) is 1. The van der Waals surface area contributed by atoms with Crippen LogP contribution in [0.2, 0.25) is 0 Å². The van der Waals surface area contributed by atoms with Crippen LogP contribution in [-0.2, 0) is 0 Å². The first-order valence-corrected chi connectivity index (χ1v) is 6.89. The summed E-state index contributed by atoms with van der Waals surface area (Å²) in [6.45, 7) is 5.16. The van der Waals surface area contributed by atoms with Crippen LogP contribution >= 0.6 is 7.81 Å². The number of alkyl halides is 3. The fourth-order valence-electron chi connectivity index (χ4n) is 0.836. The van der Waals surface area contributed by atoms with E-state index in [0.29, 0.717) is 6.54 Å². The monoisotopic (exact) mass is 340 g/mol. The molecule has 20 heavy (non-hydrogen) atoms. The second-order valence-corrected chi connectivity index (χ2v) is 5.62. The molecular weight excluding hydrogens is 326 g/mol. The average molecular weight is 340 g/mol. The molecule has 0 fully saturated rings. The Labute approximate surface area is 109 Å². The van der Waals surface area contributed by atoms with E-state index in [9.17, 15) is 38.4 Å². The number of likely N-dealkylation sites (N-methyl/N-ethyl adjacent to an activating group) is 1. The second kappa shape index (κ2) is 5.42. The Morgan fingerprint density at radius 1 is 1.05 bits per heavy atom. The molecule has 0 heterocycles. The van der Waals surface area contributed by atoms with Gasteiger partial charge < -0.3 is 0 Å². The maximum absolute atomic E-state index is 12.2. The molecular formula is C8H14F9N2P. The van der Waals surface area contributed by atoms with Crippen LogP contribution in [0, 0.1) is 0 Å². The van der Waals surface area contributed by atoms with Crippen LogP contribution in [0.5, 0.6) is 0 Å². The van der Waals surface area contributed by atoms with Crippen molar-refractivity contribution in [3.8, 4) is 0 Å². The summed E-state index contributed by atoms with van der Waals surface area (Å²) >= 11 is 0. The number of nitrogens with one attached hydrogen (secondary N) is 1. The molecule has 0 atom stereocenters. The number of amidine groups is 1. The van der Waals surface area contributed by atoms with Gasteiger partial charge in [0, 0.05) is 0 Å². The summed E-state index contributed by atoms with van der Waals surface area (Å²) in [5, 5.41) is 2.61. The summed E-state index contributed by atoms with van der Waals surface area (Å²) < 4.78 is 97.1. The van der Waals surface area contributed by atoms with E-state index in [0.717, 1.165) is 0 Å². The zero-order chi connectivity index (χ0) is 17.1. The Kier molecular flexibility index (Phi) is 5.77. The summed E-state index contributed by atoms with van der Waals surface area (Å²) in [7, 11) is -7.58. The van der Waals surface area contributed by atoms with Crippen molar-refractivity contribution in [1.82, 2.24) is 5.32 Å². The Hall–Kier alpha value is -0.990. The van der Waals surface area contributed by atoms with Crippen molar-refractivity contribution in [3.63, 3.8) is 0 Å².